The van der Waals surface area contributed by atoms with Gasteiger partial charge in [-0.3, -0.25) is 10.1 Å². The van der Waals surface area contributed by atoms with Gasteiger partial charge in [-0.15, -0.1) is 36.2 Å². The summed E-state index contributed by atoms with van der Waals surface area (Å²) < 4.78 is 6.35. The molecule has 1 saturated heterocycles. The van der Waals surface area contributed by atoms with E-state index in [9.17, 15) is 4.79 Å². The van der Waals surface area contributed by atoms with E-state index in [1.54, 1.807) is 11.3 Å². The van der Waals surface area contributed by atoms with Gasteiger partial charge < -0.3 is 15.4 Å². The summed E-state index contributed by atoms with van der Waals surface area (Å²) in [4.78, 5) is 21.7. The van der Waals surface area contributed by atoms with Gasteiger partial charge in [0.1, 0.15) is 11.9 Å². The second kappa shape index (κ2) is 9.24. The molecule has 5 rings (SSSR count). The van der Waals surface area contributed by atoms with Crippen molar-refractivity contribution in [3.8, 4) is 10.6 Å². The van der Waals surface area contributed by atoms with Gasteiger partial charge in [-0.1, -0.05) is 18.2 Å². The third kappa shape index (κ3) is 4.09. The lowest BCUT2D eigenvalue weighted by Gasteiger charge is -2.44. The van der Waals surface area contributed by atoms with Gasteiger partial charge in [0.05, 0.1) is 22.8 Å². The lowest BCUT2D eigenvalue weighted by atomic mass is 9.82. The SMILES string of the molecule is Cl.Cl.Nc1cccc(-c2cc3c(s2)CCOC32CCN(C(=O)C3C=CCN3)CC2)n1. The zero-order valence-electron chi connectivity index (χ0n) is 16.5. The first kappa shape index (κ1) is 23.0. The Morgan fingerprint density at radius 3 is 2.80 bits per heavy atom. The minimum Gasteiger partial charge on any atom is -0.384 e. The lowest BCUT2D eigenvalue weighted by molar-refractivity contribution is -0.141. The summed E-state index contributed by atoms with van der Waals surface area (Å²) in [7, 11) is 0. The predicted octanol–water partition coefficient (Wildman–Crippen LogP) is 3.15. The van der Waals surface area contributed by atoms with Crippen LogP contribution in [0.4, 0.5) is 5.82 Å². The second-order valence-electron chi connectivity index (χ2n) is 7.63. The number of nitrogens with one attached hydrogen (secondary N) is 1. The number of nitrogens with two attached hydrogens (primary N) is 1. The van der Waals surface area contributed by atoms with Gasteiger partial charge in [0.2, 0.25) is 5.91 Å². The van der Waals surface area contributed by atoms with Crippen LogP contribution in [0.5, 0.6) is 0 Å². The molecule has 0 bridgehead atoms. The van der Waals surface area contributed by atoms with Gasteiger partial charge in [0, 0.05) is 30.9 Å². The molecule has 3 N–H and O–H groups in total. The number of ether oxygens (including phenoxy) is 1. The number of aromatic nitrogens is 1. The van der Waals surface area contributed by atoms with Gasteiger partial charge in [-0.25, -0.2) is 4.98 Å². The summed E-state index contributed by atoms with van der Waals surface area (Å²) >= 11 is 1.79. The smallest absolute Gasteiger partial charge is 0.243 e. The van der Waals surface area contributed by atoms with Crippen LogP contribution in [-0.2, 0) is 21.6 Å². The number of carbonyl (C=O) groups is 1. The Hall–Kier alpha value is -1.64. The van der Waals surface area contributed by atoms with Gasteiger partial charge in [-0.2, -0.15) is 0 Å². The summed E-state index contributed by atoms with van der Waals surface area (Å²) in [5.74, 6) is 0.714. The van der Waals surface area contributed by atoms with E-state index in [1.165, 1.54) is 10.4 Å². The van der Waals surface area contributed by atoms with Crippen LogP contribution >= 0.6 is 36.2 Å². The van der Waals surface area contributed by atoms with Crippen molar-refractivity contribution >= 4 is 47.9 Å². The van der Waals surface area contributed by atoms with Crippen LogP contribution in [0.2, 0.25) is 0 Å². The molecule has 6 nitrogen and oxygen atoms in total. The standard InChI is InChI=1S/C21H24N4O2S.2ClH/c22-19-5-1-3-15(24-19)18-13-14-17(28-18)6-12-27-21(14)7-10-25(11-8-21)20(26)16-4-2-9-23-16;;/h1-5,13,16,23H,6-12H2,(H2,22,24);2*1H. The van der Waals surface area contributed by atoms with Crippen LogP contribution in [-0.4, -0.2) is 48.1 Å². The number of anilines is 1. The van der Waals surface area contributed by atoms with Crippen LogP contribution in [0, 0.1) is 0 Å². The molecule has 2 aromatic rings. The fourth-order valence-electron chi connectivity index (χ4n) is 4.47. The third-order valence-electron chi connectivity index (χ3n) is 5.96. The van der Waals surface area contributed by atoms with Crippen LogP contribution in [0.25, 0.3) is 10.6 Å². The van der Waals surface area contributed by atoms with E-state index < -0.39 is 0 Å². The number of halogens is 2. The number of nitrogens with zero attached hydrogens (tertiary/aromatic N) is 2. The maximum atomic E-state index is 12.7. The number of amides is 1. The first-order valence-corrected chi connectivity index (χ1v) is 10.7. The van der Waals surface area contributed by atoms with Crippen LogP contribution in [0.3, 0.4) is 0 Å². The maximum Gasteiger partial charge on any atom is 0.243 e. The van der Waals surface area contributed by atoms with Gasteiger partial charge in [0.15, 0.2) is 0 Å². The summed E-state index contributed by atoms with van der Waals surface area (Å²) in [5, 5.41) is 3.22. The molecule has 3 aliphatic rings. The second-order valence-corrected chi connectivity index (χ2v) is 8.76. The first-order valence-electron chi connectivity index (χ1n) is 9.83. The van der Waals surface area contributed by atoms with E-state index in [4.69, 9.17) is 10.5 Å². The van der Waals surface area contributed by atoms with E-state index in [1.807, 2.05) is 35.3 Å². The van der Waals surface area contributed by atoms with Crippen LogP contribution < -0.4 is 11.1 Å². The molecule has 0 radical (unpaired) electrons. The minimum atomic E-state index is -0.279. The van der Waals surface area contributed by atoms with E-state index in [0.29, 0.717) is 5.82 Å². The van der Waals surface area contributed by atoms with Gasteiger partial charge >= 0.3 is 0 Å². The Morgan fingerprint density at radius 2 is 2.10 bits per heavy atom. The molecule has 3 aliphatic heterocycles. The first-order chi connectivity index (χ1) is 13.6. The van der Waals surface area contributed by atoms with E-state index >= 15 is 0 Å². The largest absolute Gasteiger partial charge is 0.384 e. The van der Waals surface area contributed by atoms with Crippen molar-refractivity contribution < 1.29 is 9.53 Å². The Kier molecular flexibility index (Phi) is 7.09. The highest BCUT2D eigenvalue weighted by atomic mass is 35.5. The summed E-state index contributed by atoms with van der Waals surface area (Å²) in [5.41, 5.74) is 7.80. The number of likely N-dealkylation sites (tertiary alicyclic amines) is 1. The molecule has 162 valence electrons. The number of fused-ring (bicyclic) bond motifs is 2. The monoisotopic (exact) mass is 468 g/mol. The summed E-state index contributed by atoms with van der Waals surface area (Å²) in [6, 6.07) is 7.82. The molecule has 5 heterocycles. The summed E-state index contributed by atoms with van der Waals surface area (Å²) in [6.45, 7) is 2.96. The van der Waals surface area contributed by atoms with Crippen LogP contribution in [0.15, 0.2) is 36.4 Å². The molecule has 2 aromatic heterocycles. The molecule has 1 unspecified atom stereocenters. The summed E-state index contributed by atoms with van der Waals surface area (Å²) in [6.07, 6.45) is 6.59. The molecular weight excluding hydrogens is 443 g/mol. The molecule has 1 atom stereocenters. The molecule has 0 aromatic carbocycles. The van der Waals surface area contributed by atoms with E-state index in [-0.39, 0.29) is 42.4 Å². The van der Waals surface area contributed by atoms with E-state index in [2.05, 4.69) is 16.4 Å². The molecule has 0 saturated carbocycles. The van der Waals surface area contributed by atoms with Crippen molar-refractivity contribution in [1.82, 2.24) is 15.2 Å². The Bertz CT molecular complexity index is 941. The molecule has 0 aliphatic carbocycles. The Balaban J connectivity index is 0.00000128. The zero-order valence-corrected chi connectivity index (χ0v) is 19.0. The molecule has 1 fully saturated rings. The predicted molar refractivity (Wildman–Crippen MR) is 125 cm³/mol. The quantitative estimate of drug-likeness (QED) is 0.661. The number of nitrogen functional groups attached to an aromatic ring is 1. The fraction of sp³-hybridized carbons (Fsp3) is 0.429. The minimum absolute atomic E-state index is 0. The third-order valence-corrected chi connectivity index (χ3v) is 7.18. The zero-order chi connectivity index (χ0) is 19.1. The highest BCUT2D eigenvalue weighted by Crippen LogP contribution is 2.46. The van der Waals surface area contributed by atoms with Gasteiger partial charge in [0.25, 0.3) is 0 Å². The van der Waals surface area contributed by atoms with E-state index in [0.717, 1.165) is 56.1 Å². The molecule has 30 heavy (non-hydrogen) atoms. The average molecular weight is 469 g/mol. The van der Waals surface area contributed by atoms with Crippen molar-refractivity contribution in [3.63, 3.8) is 0 Å². The highest BCUT2D eigenvalue weighted by molar-refractivity contribution is 7.15. The number of pyridine rings is 1. The van der Waals surface area contributed by atoms with Crippen molar-refractivity contribution in [3.05, 3.63) is 46.9 Å². The topological polar surface area (TPSA) is 80.5 Å². The Morgan fingerprint density at radius 1 is 1.30 bits per heavy atom. The number of hydrogen-bond donors (Lipinski definition) is 2. The highest BCUT2D eigenvalue weighted by Gasteiger charge is 2.43. The molecular formula is C21H26Cl2N4O2S. The van der Waals surface area contributed by atoms with Crippen molar-refractivity contribution in [2.45, 2.75) is 30.9 Å². The number of rotatable bonds is 2. The maximum absolute atomic E-state index is 12.7. The number of piperidine rings is 1. The normalized spacial score (nSPS) is 21.6. The van der Waals surface area contributed by atoms with Crippen molar-refractivity contribution in [2.75, 3.05) is 32.0 Å². The molecule has 1 amide bonds. The van der Waals surface area contributed by atoms with Crippen molar-refractivity contribution in [1.29, 1.82) is 0 Å². The molecule has 9 heteroatoms. The average Bonchev–Trinajstić information content (AvgIpc) is 3.39. The fourth-order valence-corrected chi connectivity index (χ4v) is 5.67. The molecule has 1 spiro atoms. The van der Waals surface area contributed by atoms with Crippen molar-refractivity contribution in [2.24, 2.45) is 0 Å². The number of hydrogen-bond acceptors (Lipinski definition) is 6. The number of carbonyl (C=O) groups excluding carboxylic acids is 1. The van der Waals surface area contributed by atoms with Crippen LogP contribution in [0.1, 0.15) is 23.3 Å². The van der Waals surface area contributed by atoms with Gasteiger partial charge in [-0.05, 0) is 36.6 Å². The number of thiophene rings is 1. The lowest BCUT2D eigenvalue weighted by Crippen LogP contribution is -2.51. The Labute approximate surface area is 192 Å².